The van der Waals surface area contributed by atoms with Crippen LogP contribution in [0.4, 0.5) is 0 Å². The molecule has 2 aromatic carbocycles. The van der Waals surface area contributed by atoms with E-state index in [1.807, 2.05) is 30.3 Å². The Morgan fingerprint density at radius 3 is 2.61 bits per heavy atom. The molecule has 4 aromatic rings. The minimum atomic E-state index is -0.596. The lowest BCUT2D eigenvalue weighted by Crippen LogP contribution is -2.11. The number of hydrogen-bond acceptors (Lipinski definition) is 6. The van der Waals surface area contributed by atoms with Gasteiger partial charge < -0.3 is 13.9 Å². The van der Waals surface area contributed by atoms with Gasteiger partial charge in [-0.05, 0) is 19.1 Å². The molecule has 140 valence electrons. The Bertz CT molecular complexity index is 1220. The van der Waals surface area contributed by atoms with E-state index in [4.69, 9.17) is 13.9 Å². The lowest BCUT2D eigenvalue weighted by atomic mass is 10.1. The summed E-state index contributed by atoms with van der Waals surface area (Å²) >= 11 is 0. The molecule has 0 bridgehead atoms. The molecule has 28 heavy (non-hydrogen) atoms. The molecule has 2 heterocycles. The summed E-state index contributed by atoms with van der Waals surface area (Å²) < 4.78 is 16.1. The third-order valence-electron chi connectivity index (χ3n) is 4.31. The van der Waals surface area contributed by atoms with Gasteiger partial charge in [-0.3, -0.25) is 5.10 Å². The normalized spacial score (nSPS) is 10.8. The van der Waals surface area contributed by atoms with Crippen molar-refractivity contribution in [2.24, 2.45) is 0 Å². The Morgan fingerprint density at radius 2 is 1.86 bits per heavy atom. The van der Waals surface area contributed by atoms with Crippen molar-refractivity contribution in [3.8, 4) is 22.8 Å². The lowest BCUT2D eigenvalue weighted by Gasteiger charge is -2.11. The number of H-pyrrole nitrogens is 1. The van der Waals surface area contributed by atoms with Gasteiger partial charge in [-0.1, -0.05) is 30.3 Å². The Morgan fingerprint density at radius 1 is 1.07 bits per heavy atom. The average molecular weight is 376 g/mol. The van der Waals surface area contributed by atoms with E-state index in [0.717, 1.165) is 5.56 Å². The highest BCUT2D eigenvalue weighted by atomic mass is 16.6. The molecule has 0 spiro atoms. The molecule has 0 aliphatic heterocycles. The Labute approximate surface area is 159 Å². The molecule has 2 aromatic heterocycles. The summed E-state index contributed by atoms with van der Waals surface area (Å²) in [5, 5.41) is 7.72. The smallest absolute Gasteiger partial charge is 0.347 e. The first-order valence-corrected chi connectivity index (χ1v) is 8.51. The number of hydrogen-bond donors (Lipinski definition) is 1. The van der Waals surface area contributed by atoms with Gasteiger partial charge in [-0.15, -0.1) is 0 Å². The molecule has 0 unspecified atom stereocenters. The summed E-state index contributed by atoms with van der Waals surface area (Å²) in [6.07, 6.45) is 0. The number of rotatable bonds is 4. The summed E-state index contributed by atoms with van der Waals surface area (Å²) in [4.78, 5) is 24.4. The van der Waals surface area contributed by atoms with Crippen LogP contribution < -0.4 is 15.1 Å². The molecule has 0 amide bonds. The first kappa shape index (κ1) is 17.5. The minimum Gasteiger partial charge on any atom is -0.493 e. The lowest BCUT2D eigenvalue weighted by molar-refractivity contribution is 0.0730. The van der Waals surface area contributed by atoms with E-state index in [1.165, 1.54) is 19.2 Å². The Balaban J connectivity index is 1.75. The molecule has 0 fully saturated rings. The number of aryl methyl sites for hydroxylation is 1. The number of esters is 1. The van der Waals surface area contributed by atoms with Crippen molar-refractivity contribution in [3.63, 3.8) is 0 Å². The Hall–Kier alpha value is -3.87. The zero-order chi connectivity index (χ0) is 19.7. The van der Waals surface area contributed by atoms with E-state index in [0.29, 0.717) is 33.7 Å². The molecule has 0 atom stereocenters. The van der Waals surface area contributed by atoms with E-state index in [1.54, 1.807) is 19.1 Å². The topological polar surface area (TPSA) is 94.4 Å². The molecule has 0 aliphatic rings. The van der Waals surface area contributed by atoms with Gasteiger partial charge in [0.25, 0.3) is 0 Å². The molecule has 0 aliphatic carbocycles. The molecule has 0 radical (unpaired) electrons. The van der Waals surface area contributed by atoms with Crippen LogP contribution >= 0.6 is 0 Å². The van der Waals surface area contributed by atoms with Crippen molar-refractivity contribution in [2.75, 3.05) is 7.11 Å². The molecule has 7 heteroatoms. The number of benzene rings is 2. The highest BCUT2D eigenvalue weighted by Crippen LogP contribution is 2.33. The van der Waals surface area contributed by atoms with Gasteiger partial charge in [0.2, 0.25) is 0 Å². The van der Waals surface area contributed by atoms with Gasteiger partial charge >= 0.3 is 11.6 Å². The fraction of sp³-hybridized carbons (Fsp3) is 0.0952. The zero-order valence-electron chi connectivity index (χ0n) is 15.2. The number of nitrogens with zero attached hydrogens (tertiary/aromatic N) is 1. The summed E-state index contributed by atoms with van der Waals surface area (Å²) in [6, 6.07) is 15.4. The van der Waals surface area contributed by atoms with E-state index in [2.05, 4.69) is 10.2 Å². The highest BCUT2D eigenvalue weighted by Gasteiger charge is 2.23. The van der Waals surface area contributed by atoms with Crippen LogP contribution in [-0.2, 0) is 0 Å². The van der Waals surface area contributed by atoms with Crippen LogP contribution in [0.3, 0.4) is 0 Å². The number of aromatic nitrogens is 2. The maximum Gasteiger partial charge on any atom is 0.347 e. The van der Waals surface area contributed by atoms with Crippen LogP contribution in [0, 0.1) is 6.92 Å². The van der Waals surface area contributed by atoms with Crippen molar-refractivity contribution < 1.29 is 18.7 Å². The minimum absolute atomic E-state index is 0.147. The standard InChI is InChI=1S/C21H16N2O5/c1-12-19(20(23-22-12)13-6-4-3-5-7-13)21(25)28-17-11-15-14(10-16(17)26-2)8-9-18(24)27-15/h3-11H,1-2H3,(H,22,23). The number of carbonyl (C=O) groups excluding carboxylic acids is 1. The molecule has 7 nitrogen and oxygen atoms in total. The van der Waals surface area contributed by atoms with Crippen molar-refractivity contribution in [1.29, 1.82) is 0 Å². The number of ether oxygens (including phenoxy) is 2. The Kier molecular flexibility index (Phi) is 4.41. The van der Waals surface area contributed by atoms with Crippen LogP contribution in [0.1, 0.15) is 16.1 Å². The van der Waals surface area contributed by atoms with Gasteiger partial charge in [-0.25, -0.2) is 9.59 Å². The molecule has 4 rings (SSSR count). The summed E-state index contributed by atoms with van der Waals surface area (Å²) in [5.74, 6) is -0.105. The second-order valence-electron chi connectivity index (χ2n) is 6.12. The quantitative estimate of drug-likeness (QED) is 0.331. The number of methoxy groups -OCH3 is 1. The fourth-order valence-electron chi connectivity index (χ4n) is 2.95. The second-order valence-corrected chi connectivity index (χ2v) is 6.12. The van der Waals surface area contributed by atoms with Crippen LogP contribution in [0.15, 0.2) is 63.8 Å². The number of nitrogens with one attached hydrogen (secondary N) is 1. The molecular formula is C21H16N2O5. The SMILES string of the molecule is COc1cc2ccc(=O)oc2cc1OC(=O)c1c(-c2ccccc2)n[nH]c1C. The fourth-order valence-corrected chi connectivity index (χ4v) is 2.95. The van der Waals surface area contributed by atoms with E-state index in [-0.39, 0.29) is 5.75 Å². The van der Waals surface area contributed by atoms with Crippen LogP contribution in [0.25, 0.3) is 22.2 Å². The van der Waals surface area contributed by atoms with E-state index >= 15 is 0 Å². The second kappa shape index (κ2) is 7.03. The third kappa shape index (κ3) is 3.14. The molecule has 1 N–H and O–H groups in total. The predicted molar refractivity (Wildman–Crippen MR) is 103 cm³/mol. The van der Waals surface area contributed by atoms with Crippen molar-refractivity contribution in [2.45, 2.75) is 6.92 Å². The first-order valence-electron chi connectivity index (χ1n) is 8.51. The summed E-state index contributed by atoms with van der Waals surface area (Å²) in [7, 11) is 1.47. The maximum atomic E-state index is 12.9. The van der Waals surface area contributed by atoms with Crippen LogP contribution in [-0.4, -0.2) is 23.3 Å². The molecule has 0 saturated carbocycles. The van der Waals surface area contributed by atoms with Crippen molar-refractivity contribution in [3.05, 3.63) is 76.3 Å². The van der Waals surface area contributed by atoms with Gasteiger partial charge in [0, 0.05) is 28.8 Å². The summed E-state index contributed by atoms with van der Waals surface area (Å²) in [6.45, 7) is 1.74. The van der Waals surface area contributed by atoms with Crippen LogP contribution in [0.2, 0.25) is 0 Å². The monoisotopic (exact) mass is 376 g/mol. The van der Waals surface area contributed by atoms with E-state index < -0.39 is 11.6 Å². The van der Waals surface area contributed by atoms with Gasteiger partial charge in [0.1, 0.15) is 16.8 Å². The van der Waals surface area contributed by atoms with Crippen LogP contribution in [0.5, 0.6) is 11.5 Å². The third-order valence-corrected chi connectivity index (χ3v) is 4.31. The number of aromatic amines is 1. The van der Waals surface area contributed by atoms with Gasteiger partial charge in [-0.2, -0.15) is 5.10 Å². The zero-order valence-corrected chi connectivity index (χ0v) is 15.2. The average Bonchev–Trinajstić information content (AvgIpc) is 3.09. The molecule has 0 saturated heterocycles. The van der Waals surface area contributed by atoms with Gasteiger partial charge in [0.15, 0.2) is 11.5 Å². The van der Waals surface area contributed by atoms with Crippen molar-refractivity contribution in [1.82, 2.24) is 10.2 Å². The van der Waals surface area contributed by atoms with E-state index in [9.17, 15) is 9.59 Å². The number of carbonyl (C=O) groups is 1. The number of fused-ring (bicyclic) bond motifs is 1. The highest BCUT2D eigenvalue weighted by molar-refractivity contribution is 5.99. The van der Waals surface area contributed by atoms with Gasteiger partial charge in [0.05, 0.1) is 7.11 Å². The molecular weight excluding hydrogens is 360 g/mol. The predicted octanol–water partition coefficient (Wildman–Crippen LogP) is 3.72. The largest absolute Gasteiger partial charge is 0.493 e. The summed E-state index contributed by atoms with van der Waals surface area (Å²) in [5.41, 5.74) is 1.98. The van der Waals surface area contributed by atoms with Crippen molar-refractivity contribution >= 4 is 16.9 Å². The first-order chi connectivity index (χ1) is 13.6. The maximum absolute atomic E-state index is 12.9.